The average molecular weight is 196 g/mol. The number of carbonyl (C=O) groups is 1. The summed E-state index contributed by atoms with van der Waals surface area (Å²) in [5, 5.41) is 0. The van der Waals surface area contributed by atoms with Crippen LogP contribution in [-0.4, -0.2) is 5.78 Å². The molecule has 1 heteroatoms. The van der Waals surface area contributed by atoms with Crippen molar-refractivity contribution in [3.63, 3.8) is 0 Å². The third kappa shape index (κ3) is 2.18. The van der Waals surface area contributed by atoms with Crippen LogP contribution < -0.4 is 0 Å². The number of hydrogen-bond donors (Lipinski definition) is 0. The van der Waals surface area contributed by atoms with E-state index in [-0.39, 0.29) is 5.41 Å². The van der Waals surface area contributed by atoms with Crippen LogP contribution in [-0.2, 0) is 4.79 Å². The smallest absolute Gasteiger partial charge is 0.139 e. The number of ketones is 1. The fourth-order valence-electron chi connectivity index (χ4n) is 2.86. The van der Waals surface area contributed by atoms with E-state index in [4.69, 9.17) is 0 Å². The summed E-state index contributed by atoms with van der Waals surface area (Å²) in [5.74, 6) is 1.31. The minimum Gasteiger partial charge on any atom is -0.299 e. The molecule has 0 N–H and O–H groups in total. The Morgan fingerprint density at radius 1 is 1.29 bits per heavy atom. The molecule has 1 nitrogen and oxygen atoms in total. The second-order valence-electron chi connectivity index (χ2n) is 4.80. The lowest BCUT2D eigenvalue weighted by atomic mass is 9.74. The minimum absolute atomic E-state index is 0.0800. The monoisotopic (exact) mass is 196 g/mol. The summed E-state index contributed by atoms with van der Waals surface area (Å²) in [4.78, 5) is 11.9. The van der Waals surface area contributed by atoms with Crippen molar-refractivity contribution in [1.82, 2.24) is 0 Å². The predicted octanol–water partition coefficient (Wildman–Crippen LogP) is 3.96. The van der Waals surface area contributed by atoms with E-state index in [1.54, 1.807) is 0 Å². The van der Waals surface area contributed by atoms with Crippen LogP contribution in [0.1, 0.15) is 65.7 Å². The molecule has 0 aromatic carbocycles. The van der Waals surface area contributed by atoms with Gasteiger partial charge in [0.2, 0.25) is 0 Å². The topological polar surface area (TPSA) is 17.1 Å². The lowest BCUT2D eigenvalue weighted by Crippen LogP contribution is -2.27. The van der Waals surface area contributed by atoms with Gasteiger partial charge >= 0.3 is 0 Å². The maximum absolute atomic E-state index is 11.9. The molecule has 1 saturated carbocycles. The van der Waals surface area contributed by atoms with E-state index < -0.39 is 0 Å². The van der Waals surface area contributed by atoms with E-state index in [9.17, 15) is 4.79 Å². The molecular weight excluding hydrogens is 172 g/mol. The Hall–Kier alpha value is -0.330. The van der Waals surface area contributed by atoms with Crippen LogP contribution >= 0.6 is 0 Å². The second kappa shape index (κ2) is 4.95. The minimum atomic E-state index is 0.0800. The molecule has 1 unspecified atom stereocenters. The van der Waals surface area contributed by atoms with Gasteiger partial charge < -0.3 is 0 Å². The molecular formula is C13H24O. The van der Waals surface area contributed by atoms with Crippen LogP contribution in [0.25, 0.3) is 0 Å². The van der Waals surface area contributed by atoms with Gasteiger partial charge in [0.25, 0.3) is 0 Å². The molecule has 0 amide bonds. The molecule has 0 heterocycles. The first-order chi connectivity index (χ1) is 6.68. The third-order valence-electron chi connectivity index (χ3n) is 4.16. The van der Waals surface area contributed by atoms with Gasteiger partial charge in [0.1, 0.15) is 5.78 Å². The number of hydrogen-bond acceptors (Lipinski definition) is 1. The molecule has 1 aliphatic carbocycles. The highest BCUT2D eigenvalue weighted by Crippen LogP contribution is 2.44. The molecule has 0 bridgehead atoms. The van der Waals surface area contributed by atoms with Crippen molar-refractivity contribution in [3.8, 4) is 0 Å². The zero-order valence-electron chi connectivity index (χ0n) is 9.94. The van der Waals surface area contributed by atoms with Crippen molar-refractivity contribution in [2.24, 2.45) is 11.3 Å². The first-order valence-corrected chi connectivity index (χ1v) is 6.21. The standard InChI is InChI=1S/C13H24O/c1-4-11(5-2)10-13(6-3)9-7-8-12(13)14/h11H,4-10H2,1-3H3. The van der Waals surface area contributed by atoms with E-state index >= 15 is 0 Å². The molecule has 0 aromatic heterocycles. The fourth-order valence-corrected chi connectivity index (χ4v) is 2.86. The predicted molar refractivity (Wildman–Crippen MR) is 60.3 cm³/mol. The summed E-state index contributed by atoms with van der Waals surface area (Å²) in [6.07, 6.45) is 7.79. The average Bonchev–Trinajstić information content (AvgIpc) is 2.57. The van der Waals surface area contributed by atoms with Gasteiger partial charge in [0.15, 0.2) is 0 Å². The van der Waals surface area contributed by atoms with Gasteiger partial charge in [-0.3, -0.25) is 4.79 Å². The maximum atomic E-state index is 11.9. The highest BCUT2D eigenvalue weighted by atomic mass is 16.1. The molecule has 0 saturated heterocycles. The molecule has 0 aliphatic heterocycles. The summed E-state index contributed by atoms with van der Waals surface area (Å²) >= 11 is 0. The van der Waals surface area contributed by atoms with Crippen molar-refractivity contribution in [1.29, 1.82) is 0 Å². The van der Waals surface area contributed by atoms with Crippen LogP contribution in [0.4, 0.5) is 0 Å². The summed E-state index contributed by atoms with van der Waals surface area (Å²) in [6.45, 7) is 6.68. The molecule has 1 atom stereocenters. The van der Waals surface area contributed by atoms with E-state index in [2.05, 4.69) is 20.8 Å². The molecule has 1 fully saturated rings. The summed E-state index contributed by atoms with van der Waals surface area (Å²) in [6, 6.07) is 0. The van der Waals surface area contributed by atoms with E-state index in [0.29, 0.717) is 5.78 Å². The lowest BCUT2D eigenvalue weighted by molar-refractivity contribution is -0.127. The molecule has 0 spiro atoms. The first-order valence-electron chi connectivity index (χ1n) is 6.21. The van der Waals surface area contributed by atoms with Crippen molar-refractivity contribution >= 4 is 5.78 Å². The Balaban J connectivity index is 2.65. The number of rotatable bonds is 5. The molecule has 0 radical (unpaired) electrons. The van der Waals surface area contributed by atoms with Crippen molar-refractivity contribution in [3.05, 3.63) is 0 Å². The Bertz CT molecular complexity index is 193. The van der Waals surface area contributed by atoms with Crippen LogP contribution in [0.2, 0.25) is 0 Å². The number of carbonyl (C=O) groups excluding carboxylic acids is 1. The molecule has 1 rings (SSSR count). The van der Waals surface area contributed by atoms with Gasteiger partial charge in [-0.15, -0.1) is 0 Å². The molecule has 0 aromatic rings. The second-order valence-corrected chi connectivity index (χ2v) is 4.80. The third-order valence-corrected chi connectivity index (χ3v) is 4.16. The SMILES string of the molecule is CCC(CC)CC1(CC)CCCC1=O. The largest absolute Gasteiger partial charge is 0.299 e. The van der Waals surface area contributed by atoms with E-state index in [1.807, 2.05) is 0 Å². The van der Waals surface area contributed by atoms with Crippen LogP contribution in [0.3, 0.4) is 0 Å². The van der Waals surface area contributed by atoms with Gasteiger partial charge in [-0.2, -0.15) is 0 Å². The highest BCUT2D eigenvalue weighted by Gasteiger charge is 2.40. The van der Waals surface area contributed by atoms with Crippen molar-refractivity contribution in [2.45, 2.75) is 65.7 Å². The highest BCUT2D eigenvalue weighted by molar-refractivity contribution is 5.86. The van der Waals surface area contributed by atoms with Gasteiger partial charge in [0, 0.05) is 11.8 Å². The van der Waals surface area contributed by atoms with E-state index in [1.165, 1.54) is 12.8 Å². The zero-order valence-corrected chi connectivity index (χ0v) is 9.94. The summed E-state index contributed by atoms with van der Waals surface area (Å²) in [7, 11) is 0. The Morgan fingerprint density at radius 3 is 2.29 bits per heavy atom. The fraction of sp³-hybridized carbons (Fsp3) is 0.923. The van der Waals surface area contributed by atoms with Gasteiger partial charge in [-0.1, -0.05) is 33.6 Å². The van der Waals surface area contributed by atoms with Crippen LogP contribution in [0, 0.1) is 11.3 Å². The van der Waals surface area contributed by atoms with Crippen molar-refractivity contribution in [2.75, 3.05) is 0 Å². The van der Waals surface area contributed by atoms with Gasteiger partial charge in [-0.25, -0.2) is 0 Å². The molecule has 82 valence electrons. The summed E-state index contributed by atoms with van der Waals surface area (Å²) < 4.78 is 0. The van der Waals surface area contributed by atoms with Gasteiger partial charge in [0.05, 0.1) is 0 Å². The summed E-state index contributed by atoms with van der Waals surface area (Å²) in [5.41, 5.74) is 0.0800. The van der Waals surface area contributed by atoms with Gasteiger partial charge in [-0.05, 0) is 31.6 Å². The Morgan fingerprint density at radius 2 is 1.93 bits per heavy atom. The van der Waals surface area contributed by atoms with Crippen LogP contribution in [0.15, 0.2) is 0 Å². The molecule has 1 aliphatic rings. The Labute approximate surface area is 88.3 Å². The first kappa shape index (κ1) is 11.7. The van der Waals surface area contributed by atoms with Crippen LogP contribution in [0.5, 0.6) is 0 Å². The zero-order chi connectivity index (χ0) is 10.6. The molecule has 14 heavy (non-hydrogen) atoms. The van der Waals surface area contributed by atoms with E-state index in [0.717, 1.165) is 38.0 Å². The normalized spacial score (nSPS) is 27.6. The van der Waals surface area contributed by atoms with Crippen molar-refractivity contribution < 1.29 is 4.79 Å². The quantitative estimate of drug-likeness (QED) is 0.650. The Kier molecular flexibility index (Phi) is 4.15. The number of Topliss-reactive ketones (excluding diaryl/α,β-unsaturated/α-hetero) is 1. The maximum Gasteiger partial charge on any atom is 0.139 e. The lowest BCUT2D eigenvalue weighted by Gasteiger charge is -2.29.